The van der Waals surface area contributed by atoms with Crippen molar-refractivity contribution in [2.24, 2.45) is 0 Å². The van der Waals surface area contributed by atoms with E-state index in [0.29, 0.717) is 18.8 Å². The molecule has 0 aliphatic carbocycles. The summed E-state index contributed by atoms with van der Waals surface area (Å²) in [6.07, 6.45) is 3.17. The van der Waals surface area contributed by atoms with Gasteiger partial charge in [-0.2, -0.15) is 0 Å². The molecule has 0 aliphatic rings. The minimum absolute atomic E-state index is 0.190. The Morgan fingerprint density at radius 1 is 1.07 bits per heavy atom. The van der Waals surface area contributed by atoms with E-state index in [1.54, 1.807) is 24.3 Å². The van der Waals surface area contributed by atoms with Gasteiger partial charge in [0.15, 0.2) is 6.61 Å². The Morgan fingerprint density at radius 3 is 2.22 bits per heavy atom. The number of nitrogens with zero attached hydrogens (tertiary/aromatic N) is 1. The van der Waals surface area contributed by atoms with Crippen LogP contribution in [0.25, 0.3) is 10.8 Å². The van der Waals surface area contributed by atoms with Crippen LogP contribution in [0, 0.1) is 0 Å². The van der Waals surface area contributed by atoms with Crippen molar-refractivity contribution in [2.75, 3.05) is 25.0 Å². The molecular weight excluding hydrogens is 344 g/mol. The van der Waals surface area contributed by atoms with Crippen LogP contribution < -0.4 is 5.32 Å². The van der Waals surface area contributed by atoms with Gasteiger partial charge in [-0.05, 0) is 22.9 Å². The standard InChI is InChI=1S/C21H22N2O4/c1-4-10-23(11-5-2)20(25)14-27-21(26)18-12-16-8-6-7-9-17(16)13-19(18)22-15(3)24/h4-9,12-13H,1-2,10-11,14H2,3H3,(H,22,24). The minimum atomic E-state index is -0.685. The summed E-state index contributed by atoms with van der Waals surface area (Å²) in [5.41, 5.74) is 0.531. The summed E-state index contributed by atoms with van der Waals surface area (Å²) in [5, 5.41) is 4.33. The fourth-order valence-corrected chi connectivity index (χ4v) is 2.59. The molecule has 0 heterocycles. The van der Waals surface area contributed by atoms with Gasteiger partial charge in [0.05, 0.1) is 11.3 Å². The van der Waals surface area contributed by atoms with E-state index < -0.39 is 12.6 Å². The highest BCUT2D eigenvalue weighted by Crippen LogP contribution is 2.25. The Bertz CT molecular complexity index is 879. The summed E-state index contributed by atoms with van der Waals surface area (Å²) >= 11 is 0. The number of carbonyl (C=O) groups is 3. The van der Waals surface area contributed by atoms with Gasteiger partial charge in [0.1, 0.15) is 0 Å². The predicted molar refractivity (Wildman–Crippen MR) is 106 cm³/mol. The minimum Gasteiger partial charge on any atom is -0.452 e. The van der Waals surface area contributed by atoms with Gasteiger partial charge in [-0.3, -0.25) is 9.59 Å². The second kappa shape index (κ2) is 9.33. The van der Waals surface area contributed by atoms with Crippen molar-refractivity contribution in [3.05, 3.63) is 67.3 Å². The topological polar surface area (TPSA) is 75.7 Å². The van der Waals surface area contributed by atoms with Gasteiger partial charge in [0, 0.05) is 20.0 Å². The van der Waals surface area contributed by atoms with E-state index >= 15 is 0 Å². The van der Waals surface area contributed by atoms with Crippen molar-refractivity contribution in [1.82, 2.24) is 4.90 Å². The van der Waals surface area contributed by atoms with E-state index in [1.807, 2.05) is 24.3 Å². The van der Waals surface area contributed by atoms with E-state index in [-0.39, 0.29) is 17.4 Å². The number of amides is 2. The molecule has 0 bridgehead atoms. The maximum Gasteiger partial charge on any atom is 0.340 e. The highest BCUT2D eigenvalue weighted by Gasteiger charge is 2.18. The molecule has 0 saturated carbocycles. The number of fused-ring (bicyclic) bond motifs is 1. The highest BCUT2D eigenvalue weighted by atomic mass is 16.5. The van der Waals surface area contributed by atoms with E-state index in [1.165, 1.54) is 11.8 Å². The number of benzene rings is 2. The molecule has 2 aromatic rings. The summed E-state index contributed by atoms with van der Waals surface area (Å²) < 4.78 is 5.18. The average molecular weight is 366 g/mol. The van der Waals surface area contributed by atoms with Crippen LogP contribution in [0.2, 0.25) is 0 Å². The Kier molecular flexibility index (Phi) is 6.88. The lowest BCUT2D eigenvalue weighted by Gasteiger charge is -2.19. The number of anilines is 1. The van der Waals surface area contributed by atoms with E-state index in [4.69, 9.17) is 4.74 Å². The number of hydrogen-bond acceptors (Lipinski definition) is 4. The number of esters is 1. The first kappa shape index (κ1) is 19.9. The lowest BCUT2D eigenvalue weighted by atomic mass is 10.0. The first-order valence-corrected chi connectivity index (χ1v) is 8.43. The quantitative estimate of drug-likeness (QED) is 0.575. The van der Waals surface area contributed by atoms with Gasteiger partial charge in [-0.25, -0.2) is 4.79 Å². The zero-order chi connectivity index (χ0) is 19.8. The van der Waals surface area contributed by atoms with Crippen LogP contribution in [0.4, 0.5) is 5.69 Å². The van der Waals surface area contributed by atoms with E-state index in [0.717, 1.165) is 10.8 Å². The van der Waals surface area contributed by atoms with Crippen molar-refractivity contribution in [3.8, 4) is 0 Å². The molecule has 0 aromatic heterocycles. The summed E-state index contributed by atoms with van der Waals surface area (Å²) in [6, 6.07) is 10.8. The van der Waals surface area contributed by atoms with E-state index in [2.05, 4.69) is 18.5 Å². The molecule has 6 heteroatoms. The van der Waals surface area contributed by atoms with Crippen molar-refractivity contribution in [1.29, 1.82) is 0 Å². The number of ether oxygens (including phenoxy) is 1. The molecule has 1 N–H and O–H groups in total. The van der Waals surface area contributed by atoms with Crippen molar-refractivity contribution >= 4 is 34.2 Å². The summed E-state index contributed by atoms with van der Waals surface area (Å²) in [4.78, 5) is 37.7. The second-order valence-corrected chi connectivity index (χ2v) is 5.88. The molecule has 6 nitrogen and oxygen atoms in total. The molecule has 27 heavy (non-hydrogen) atoms. The monoisotopic (exact) mass is 366 g/mol. The largest absolute Gasteiger partial charge is 0.452 e. The Morgan fingerprint density at radius 2 is 1.67 bits per heavy atom. The summed E-state index contributed by atoms with van der Waals surface area (Å²) in [5.74, 6) is -1.35. The van der Waals surface area contributed by atoms with Gasteiger partial charge in [-0.1, -0.05) is 36.4 Å². The molecule has 0 unspecified atom stereocenters. The van der Waals surface area contributed by atoms with Crippen molar-refractivity contribution < 1.29 is 19.1 Å². The van der Waals surface area contributed by atoms with Gasteiger partial charge >= 0.3 is 5.97 Å². The van der Waals surface area contributed by atoms with Gasteiger partial charge in [-0.15, -0.1) is 13.2 Å². The molecule has 0 atom stereocenters. The Labute approximate surface area is 158 Å². The van der Waals surface area contributed by atoms with Gasteiger partial charge in [0.25, 0.3) is 5.91 Å². The molecule has 0 radical (unpaired) electrons. The summed E-state index contributed by atoms with van der Waals surface area (Å²) in [6.45, 7) is 8.81. The molecule has 0 saturated heterocycles. The van der Waals surface area contributed by atoms with Gasteiger partial charge < -0.3 is 15.0 Å². The van der Waals surface area contributed by atoms with Gasteiger partial charge in [0.2, 0.25) is 5.91 Å². The van der Waals surface area contributed by atoms with Crippen LogP contribution in [-0.2, 0) is 14.3 Å². The smallest absolute Gasteiger partial charge is 0.340 e. The van der Waals surface area contributed by atoms with Crippen LogP contribution in [0.5, 0.6) is 0 Å². The third-order valence-electron chi connectivity index (χ3n) is 3.79. The zero-order valence-corrected chi connectivity index (χ0v) is 15.2. The maximum absolute atomic E-state index is 12.5. The predicted octanol–water partition coefficient (Wildman–Crippen LogP) is 3.16. The molecule has 0 fully saturated rings. The fourth-order valence-electron chi connectivity index (χ4n) is 2.59. The van der Waals surface area contributed by atoms with Crippen LogP contribution in [0.1, 0.15) is 17.3 Å². The van der Waals surface area contributed by atoms with Crippen molar-refractivity contribution in [2.45, 2.75) is 6.92 Å². The number of carbonyl (C=O) groups excluding carboxylic acids is 3. The molecule has 140 valence electrons. The summed E-state index contributed by atoms with van der Waals surface area (Å²) in [7, 11) is 0. The Balaban J connectivity index is 2.22. The number of rotatable bonds is 8. The SMILES string of the molecule is C=CCN(CC=C)C(=O)COC(=O)c1cc2ccccc2cc1NC(C)=O. The molecule has 0 spiro atoms. The van der Waals surface area contributed by atoms with Crippen LogP contribution >= 0.6 is 0 Å². The first-order chi connectivity index (χ1) is 13.0. The van der Waals surface area contributed by atoms with Crippen molar-refractivity contribution in [3.63, 3.8) is 0 Å². The fraction of sp³-hybridized carbons (Fsp3) is 0.190. The second-order valence-electron chi connectivity index (χ2n) is 5.88. The highest BCUT2D eigenvalue weighted by molar-refractivity contribution is 6.05. The lowest BCUT2D eigenvalue weighted by Crippen LogP contribution is -2.35. The molecule has 2 rings (SSSR count). The van der Waals surface area contributed by atoms with Crippen LogP contribution in [0.15, 0.2) is 61.7 Å². The average Bonchev–Trinajstić information content (AvgIpc) is 2.64. The third kappa shape index (κ3) is 5.28. The maximum atomic E-state index is 12.5. The molecule has 0 aliphatic heterocycles. The van der Waals surface area contributed by atoms with Crippen LogP contribution in [0.3, 0.4) is 0 Å². The van der Waals surface area contributed by atoms with E-state index in [9.17, 15) is 14.4 Å². The number of hydrogen-bond donors (Lipinski definition) is 1. The number of nitrogens with one attached hydrogen (secondary N) is 1. The molecular formula is C21H22N2O4. The third-order valence-corrected chi connectivity index (χ3v) is 3.79. The zero-order valence-electron chi connectivity index (χ0n) is 15.2. The van der Waals surface area contributed by atoms with Crippen LogP contribution in [-0.4, -0.2) is 42.4 Å². The lowest BCUT2D eigenvalue weighted by molar-refractivity contribution is -0.133. The molecule has 2 amide bonds. The normalized spacial score (nSPS) is 10.1. The molecule has 2 aromatic carbocycles. The first-order valence-electron chi connectivity index (χ1n) is 8.43. The Hall–Kier alpha value is -3.41.